The third kappa shape index (κ3) is 2.65. The fraction of sp³-hybridized carbons (Fsp3) is 0.643. The minimum absolute atomic E-state index is 0.187. The van der Waals surface area contributed by atoms with Gasteiger partial charge in [0.25, 0.3) is 0 Å². The number of rotatable bonds is 4. The van der Waals surface area contributed by atoms with Gasteiger partial charge in [0, 0.05) is 42.1 Å². The first-order valence-electron chi connectivity index (χ1n) is 12.9. The Labute approximate surface area is 219 Å². The molecule has 2 aliphatic heterocycles. The number of methoxy groups -OCH3 is 1. The molecule has 0 bridgehead atoms. The topological polar surface area (TPSA) is 142 Å². The molecule has 1 N–H and O–H groups in total. The zero-order chi connectivity index (χ0) is 27.6. The van der Waals surface area contributed by atoms with Crippen molar-refractivity contribution in [3.8, 4) is 0 Å². The second-order valence-corrected chi connectivity index (χ2v) is 12.0. The van der Waals surface area contributed by atoms with E-state index in [1.807, 2.05) is 13.0 Å². The Hall–Kier alpha value is -2.98. The van der Waals surface area contributed by atoms with Gasteiger partial charge in [0.1, 0.15) is 17.0 Å². The van der Waals surface area contributed by atoms with Gasteiger partial charge in [-0.25, -0.2) is 4.79 Å². The molecule has 10 nitrogen and oxygen atoms in total. The lowest BCUT2D eigenvalue weighted by Crippen LogP contribution is -2.72. The van der Waals surface area contributed by atoms with Crippen molar-refractivity contribution in [3.05, 3.63) is 36.0 Å². The Kier molecular flexibility index (Phi) is 5.04. The third-order valence-corrected chi connectivity index (χ3v) is 10.5. The average Bonchev–Trinajstić information content (AvgIpc) is 3.12. The molecule has 3 aliphatic carbocycles. The second-order valence-electron chi connectivity index (χ2n) is 12.0. The van der Waals surface area contributed by atoms with Crippen LogP contribution in [0.3, 0.4) is 0 Å². The maximum atomic E-state index is 14.5. The normalized spacial score (nSPS) is 47.1. The number of furan rings is 1. The number of ether oxygens (including phenoxy) is 4. The van der Waals surface area contributed by atoms with Crippen molar-refractivity contribution in [2.45, 2.75) is 76.5 Å². The highest BCUT2D eigenvalue weighted by atomic mass is 16.6. The van der Waals surface area contributed by atoms with E-state index in [4.69, 9.17) is 23.4 Å². The van der Waals surface area contributed by atoms with Crippen molar-refractivity contribution in [2.24, 2.45) is 28.6 Å². The summed E-state index contributed by atoms with van der Waals surface area (Å²) in [6, 6.07) is 1.82. The van der Waals surface area contributed by atoms with Crippen LogP contribution in [0, 0.1) is 28.6 Å². The molecule has 0 radical (unpaired) electrons. The van der Waals surface area contributed by atoms with Gasteiger partial charge >= 0.3 is 11.9 Å². The standard InChI is InChI=1S/C28H32O10/c1-12-16(30)10-17-25(3,19(12)20(24(32)34-6)36-13(2)29)22-21(37-17)23(31)26(4)15(14-7-8-35-11-14)9-18-28(26,38-18)27(22,5)33/h7-8,10-12,15,18-22,33H,9H2,1-6H3/t12-,15+,18-,19-,20-,21+,22-,25+,26-,27-,28-/m1/s1. The largest absolute Gasteiger partial charge is 0.486 e. The molecule has 0 aromatic carbocycles. The first-order valence-corrected chi connectivity index (χ1v) is 12.9. The lowest BCUT2D eigenvalue weighted by Gasteiger charge is -2.56. The summed E-state index contributed by atoms with van der Waals surface area (Å²) in [5.41, 5.74) is -4.37. The monoisotopic (exact) mass is 528 g/mol. The maximum Gasteiger partial charge on any atom is 0.347 e. The Balaban J connectivity index is 1.53. The summed E-state index contributed by atoms with van der Waals surface area (Å²) in [5.74, 6) is -4.89. The summed E-state index contributed by atoms with van der Waals surface area (Å²) < 4.78 is 28.3. The van der Waals surface area contributed by atoms with Gasteiger partial charge in [-0.1, -0.05) is 13.8 Å². The Morgan fingerprint density at radius 2 is 1.92 bits per heavy atom. The van der Waals surface area contributed by atoms with Gasteiger partial charge in [-0.2, -0.15) is 0 Å². The van der Waals surface area contributed by atoms with Crippen LogP contribution in [0.1, 0.15) is 52.5 Å². The van der Waals surface area contributed by atoms with E-state index < -0.39 is 63.9 Å². The number of hydrogen-bond acceptors (Lipinski definition) is 10. The smallest absolute Gasteiger partial charge is 0.347 e. The van der Waals surface area contributed by atoms with Gasteiger partial charge in [0.05, 0.1) is 31.2 Å². The lowest BCUT2D eigenvalue weighted by molar-refractivity contribution is -0.205. The summed E-state index contributed by atoms with van der Waals surface area (Å²) in [7, 11) is 1.17. The summed E-state index contributed by atoms with van der Waals surface area (Å²) in [6.45, 7) is 8.04. The average molecular weight is 529 g/mol. The molecule has 1 spiro atoms. The SMILES string of the molecule is COC(=O)[C@H](OC(C)=O)[C@H]1[C@H](C)C(=O)C=C2O[C@@H]3C(=O)[C@@]4(C)[C@H](c5ccoc5)C[C@H]5O[C@]54[C@](C)(O)[C@H]3[C@@]21C. The summed E-state index contributed by atoms with van der Waals surface area (Å²) >= 11 is 0. The summed E-state index contributed by atoms with van der Waals surface area (Å²) in [5, 5.41) is 12.5. The van der Waals surface area contributed by atoms with Gasteiger partial charge in [0.2, 0.25) is 6.10 Å². The highest BCUT2D eigenvalue weighted by molar-refractivity contribution is 5.98. The predicted molar refractivity (Wildman–Crippen MR) is 127 cm³/mol. The molecule has 2 saturated heterocycles. The fourth-order valence-corrected chi connectivity index (χ4v) is 8.91. The summed E-state index contributed by atoms with van der Waals surface area (Å²) in [4.78, 5) is 52.7. The quantitative estimate of drug-likeness (QED) is 0.456. The van der Waals surface area contributed by atoms with Crippen molar-refractivity contribution >= 4 is 23.5 Å². The van der Waals surface area contributed by atoms with E-state index in [-0.39, 0.29) is 29.3 Å². The Morgan fingerprint density at radius 1 is 1.21 bits per heavy atom. The molecule has 5 aliphatic rings. The van der Waals surface area contributed by atoms with E-state index in [0.717, 1.165) is 5.56 Å². The number of ketones is 2. The highest BCUT2D eigenvalue weighted by Crippen LogP contribution is 2.78. The number of allylic oxidation sites excluding steroid dienone is 2. The molecule has 11 atom stereocenters. The van der Waals surface area contributed by atoms with Gasteiger partial charge in [0.15, 0.2) is 17.7 Å². The molecule has 204 valence electrons. The van der Waals surface area contributed by atoms with E-state index >= 15 is 0 Å². The molecular weight excluding hydrogens is 496 g/mol. The number of carbonyl (C=O) groups excluding carboxylic acids is 4. The molecule has 3 heterocycles. The minimum Gasteiger partial charge on any atom is -0.486 e. The van der Waals surface area contributed by atoms with Gasteiger partial charge < -0.3 is 28.5 Å². The van der Waals surface area contributed by atoms with Crippen molar-refractivity contribution < 1.29 is 47.6 Å². The van der Waals surface area contributed by atoms with Crippen molar-refractivity contribution in [2.75, 3.05) is 7.11 Å². The molecule has 2 saturated carbocycles. The van der Waals surface area contributed by atoms with Crippen molar-refractivity contribution in [1.29, 1.82) is 0 Å². The number of carbonyl (C=O) groups is 4. The van der Waals surface area contributed by atoms with Crippen LogP contribution in [0.25, 0.3) is 0 Å². The fourth-order valence-electron chi connectivity index (χ4n) is 8.91. The van der Waals surface area contributed by atoms with Gasteiger partial charge in [-0.05, 0) is 31.9 Å². The first kappa shape index (κ1) is 25.3. The maximum absolute atomic E-state index is 14.5. The van der Waals surface area contributed by atoms with E-state index in [1.54, 1.807) is 33.3 Å². The van der Waals surface area contributed by atoms with Crippen LogP contribution in [0.15, 0.2) is 34.8 Å². The van der Waals surface area contributed by atoms with E-state index in [2.05, 4.69) is 0 Å². The van der Waals surface area contributed by atoms with E-state index in [1.165, 1.54) is 20.1 Å². The number of esters is 2. The number of fused-ring (bicyclic) bond motifs is 3. The zero-order valence-electron chi connectivity index (χ0n) is 22.2. The highest BCUT2D eigenvalue weighted by Gasteiger charge is 2.90. The molecule has 4 fully saturated rings. The molecule has 38 heavy (non-hydrogen) atoms. The number of epoxide rings is 1. The van der Waals surface area contributed by atoms with Crippen LogP contribution in [0.5, 0.6) is 0 Å². The molecule has 1 aromatic heterocycles. The van der Waals surface area contributed by atoms with Crippen LogP contribution in [-0.4, -0.2) is 65.2 Å². The molecule has 6 rings (SSSR count). The van der Waals surface area contributed by atoms with Crippen LogP contribution >= 0.6 is 0 Å². The van der Waals surface area contributed by atoms with Crippen LogP contribution < -0.4 is 0 Å². The minimum atomic E-state index is -1.62. The van der Waals surface area contributed by atoms with Crippen LogP contribution in [0.4, 0.5) is 0 Å². The van der Waals surface area contributed by atoms with E-state index in [0.29, 0.717) is 6.42 Å². The first-order chi connectivity index (χ1) is 17.8. The predicted octanol–water partition coefficient (Wildman–Crippen LogP) is 2.09. The van der Waals surface area contributed by atoms with Crippen LogP contribution in [0.2, 0.25) is 0 Å². The van der Waals surface area contributed by atoms with Gasteiger partial charge in [-0.3, -0.25) is 14.4 Å². The van der Waals surface area contributed by atoms with Crippen LogP contribution in [-0.2, 0) is 38.1 Å². The zero-order valence-corrected chi connectivity index (χ0v) is 22.2. The third-order valence-electron chi connectivity index (χ3n) is 10.5. The number of Topliss-reactive ketones (excluding diaryl/α,β-unsaturated/α-hetero) is 1. The molecule has 1 aromatic rings. The molecular formula is C28H32O10. The molecule has 0 unspecified atom stereocenters. The molecule has 0 amide bonds. The van der Waals surface area contributed by atoms with Crippen molar-refractivity contribution in [3.63, 3.8) is 0 Å². The molecule has 10 heteroatoms. The Morgan fingerprint density at radius 3 is 2.53 bits per heavy atom. The van der Waals surface area contributed by atoms with E-state index in [9.17, 15) is 24.3 Å². The Bertz CT molecular complexity index is 1280. The summed E-state index contributed by atoms with van der Waals surface area (Å²) in [6.07, 6.45) is 2.07. The van der Waals surface area contributed by atoms with Gasteiger partial charge in [-0.15, -0.1) is 0 Å². The number of aliphatic hydroxyl groups is 1. The van der Waals surface area contributed by atoms with Crippen molar-refractivity contribution in [1.82, 2.24) is 0 Å². The lowest BCUT2D eigenvalue weighted by atomic mass is 9.46. The second kappa shape index (κ2) is 7.57. The number of hydrogen-bond donors (Lipinski definition) is 1.